The van der Waals surface area contributed by atoms with Crippen LogP contribution in [0.4, 0.5) is 0 Å². The molecule has 0 saturated carbocycles. The number of nitrogens with two attached hydrogens (primary N) is 1. The molecule has 2 heterocycles. The average Bonchev–Trinajstić information content (AvgIpc) is 2.74. The predicted octanol–water partition coefficient (Wildman–Crippen LogP) is 1.31. The van der Waals surface area contributed by atoms with E-state index in [0.29, 0.717) is 15.6 Å². The zero-order valence-electron chi connectivity index (χ0n) is 8.51. The summed E-state index contributed by atoms with van der Waals surface area (Å²) in [7, 11) is 1.45. The van der Waals surface area contributed by atoms with Gasteiger partial charge in [-0.3, -0.25) is 9.78 Å². The van der Waals surface area contributed by atoms with Gasteiger partial charge >= 0.3 is 0 Å². The molecular formula is C10H9N3O2S. The standard InChI is InChI=1S/C10H9N3O2S/c1-15-9-7(8(11)14)16-10(13-9)6-4-2-3-5-12-6/h2-5H,1H3,(H2,11,14). The zero-order chi connectivity index (χ0) is 11.5. The van der Waals surface area contributed by atoms with Crippen molar-refractivity contribution in [3.05, 3.63) is 29.3 Å². The van der Waals surface area contributed by atoms with Crippen LogP contribution in [0, 0.1) is 0 Å². The number of thiazole rings is 1. The molecular weight excluding hydrogens is 226 g/mol. The van der Waals surface area contributed by atoms with Crippen molar-refractivity contribution in [1.29, 1.82) is 0 Å². The topological polar surface area (TPSA) is 78.1 Å². The normalized spacial score (nSPS) is 10.1. The number of methoxy groups -OCH3 is 1. The Balaban J connectivity index is 2.48. The van der Waals surface area contributed by atoms with Crippen molar-refractivity contribution in [1.82, 2.24) is 9.97 Å². The first-order chi connectivity index (χ1) is 7.72. The summed E-state index contributed by atoms with van der Waals surface area (Å²) >= 11 is 1.17. The van der Waals surface area contributed by atoms with Crippen molar-refractivity contribution < 1.29 is 9.53 Å². The van der Waals surface area contributed by atoms with Gasteiger partial charge < -0.3 is 10.5 Å². The van der Waals surface area contributed by atoms with Crippen molar-refractivity contribution in [3.63, 3.8) is 0 Å². The van der Waals surface area contributed by atoms with Gasteiger partial charge in [0.25, 0.3) is 5.91 Å². The second kappa shape index (κ2) is 4.28. The lowest BCUT2D eigenvalue weighted by atomic mass is 10.4. The molecule has 0 saturated heterocycles. The molecule has 0 aromatic carbocycles. The van der Waals surface area contributed by atoms with Crippen molar-refractivity contribution in [3.8, 4) is 16.6 Å². The highest BCUT2D eigenvalue weighted by Gasteiger charge is 2.17. The van der Waals surface area contributed by atoms with Crippen LogP contribution >= 0.6 is 11.3 Å². The number of rotatable bonds is 3. The summed E-state index contributed by atoms with van der Waals surface area (Å²) in [6, 6.07) is 5.46. The molecule has 0 aliphatic carbocycles. The predicted molar refractivity (Wildman–Crippen MR) is 60.4 cm³/mol. The van der Waals surface area contributed by atoms with Gasteiger partial charge in [0, 0.05) is 6.20 Å². The largest absolute Gasteiger partial charge is 0.480 e. The minimum atomic E-state index is -0.545. The second-order valence-corrected chi connectivity index (χ2v) is 3.94. The maximum absolute atomic E-state index is 11.1. The molecule has 2 aromatic rings. The highest BCUT2D eigenvalue weighted by molar-refractivity contribution is 7.17. The minimum absolute atomic E-state index is 0.248. The van der Waals surface area contributed by atoms with Crippen LogP contribution in [-0.2, 0) is 0 Å². The van der Waals surface area contributed by atoms with Crippen molar-refractivity contribution in [2.24, 2.45) is 5.73 Å². The molecule has 0 bridgehead atoms. The fourth-order valence-corrected chi connectivity index (χ4v) is 2.06. The number of carbonyl (C=O) groups is 1. The quantitative estimate of drug-likeness (QED) is 0.870. The SMILES string of the molecule is COc1nc(-c2ccccn2)sc1C(N)=O. The summed E-state index contributed by atoms with van der Waals surface area (Å²) in [6.07, 6.45) is 1.66. The first-order valence-electron chi connectivity index (χ1n) is 4.48. The van der Waals surface area contributed by atoms with Gasteiger partial charge in [0.2, 0.25) is 5.88 Å². The maximum atomic E-state index is 11.1. The summed E-state index contributed by atoms with van der Waals surface area (Å²) in [5, 5.41) is 0.617. The Morgan fingerprint density at radius 2 is 2.31 bits per heavy atom. The van der Waals surface area contributed by atoms with E-state index in [9.17, 15) is 4.79 Å². The summed E-state index contributed by atoms with van der Waals surface area (Å²) in [4.78, 5) is 19.7. The van der Waals surface area contributed by atoms with E-state index in [1.165, 1.54) is 18.4 Å². The molecule has 0 spiro atoms. The van der Waals surface area contributed by atoms with Gasteiger partial charge in [-0.2, -0.15) is 4.98 Å². The summed E-state index contributed by atoms with van der Waals surface area (Å²) in [5.41, 5.74) is 5.91. The number of hydrogen-bond donors (Lipinski definition) is 1. The van der Waals surface area contributed by atoms with Crippen LogP contribution in [0.5, 0.6) is 5.88 Å². The van der Waals surface area contributed by atoms with Gasteiger partial charge in [-0.1, -0.05) is 6.07 Å². The summed E-state index contributed by atoms with van der Waals surface area (Å²) < 4.78 is 4.98. The molecule has 2 N–H and O–H groups in total. The second-order valence-electron chi connectivity index (χ2n) is 2.94. The molecule has 0 fully saturated rings. The van der Waals surface area contributed by atoms with Gasteiger partial charge in [0.1, 0.15) is 5.01 Å². The minimum Gasteiger partial charge on any atom is -0.480 e. The molecule has 2 rings (SSSR count). The van der Waals surface area contributed by atoms with Crippen LogP contribution < -0.4 is 10.5 Å². The Labute approximate surface area is 95.9 Å². The lowest BCUT2D eigenvalue weighted by molar-refractivity contribution is 0.100. The van der Waals surface area contributed by atoms with Crippen LogP contribution in [-0.4, -0.2) is 23.0 Å². The Bertz CT molecular complexity index is 510. The van der Waals surface area contributed by atoms with E-state index in [2.05, 4.69) is 9.97 Å². The van der Waals surface area contributed by atoms with Gasteiger partial charge in [-0.15, -0.1) is 11.3 Å². The van der Waals surface area contributed by atoms with Crippen LogP contribution in [0.15, 0.2) is 24.4 Å². The maximum Gasteiger partial charge on any atom is 0.264 e. The number of carbonyl (C=O) groups excluding carboxylic acids is 1. The van der Waals surface area contributed by atoms with E-state index in [1.807, 2.05) is 18.2 Å². The number of amides is 1. The number of nitrogens with zero attached hydrogens (tertiary/aromatic N) is 2. The molecule has 0 aliphatic heterocycles. The van der Waals surface area contributed by atoms with Gasteiger partial charge in [0.05, 0.1) is 12.8 Å². The van der Waals surface area contributed by atoms with Crippen LogP contribution in [0.3, 0.4) is 0 Å². The van der Waals surface area contributed by atoms with Gasteiger partial charge in [-0.25, -0.2) is 0 Å². The van der Waals surface area contributed by atoms with Crippen molar-refractivity contribution in [2.45, 2.75) is 0 Å². The molecule has 0 aliphatic rings. The highest BCUT2D eigenvalue weighted by Crippen LogP contribution is 2.30. The monoisotopic (exact) mass is 235 g/mol. The zero-order valence-corrected chi connectivity index (χ0v) is 9.32. The Hall–Kier alpha value is -1.95. The van der Waals surface area contributed by atoms with E-state index < -0.39 is 5.91 Å². The third-order valence-corrected chi connectivity index (χ3v) is 2.97. The molecule has 82 valence electrons. The molecule has 5 nitrogen and oxygen atoms in total. The number of ether oxygens (including phenoxy) is 1. The molecule has 16 heavy (non-hydrogen) atoms. The van der Waals surface area contributed by atoms with E-state index in [0.717, 1.165) is 0 Å². The van der Waals surface area contributed by atoms with Crippen molar-refractivity contribution >= 4 is 17.2 Å². The molecule has 0 radical (unpaired) electrons. The van der Waals surface area contributed by atoms with Gasteiger partial charge in [0.15, 0.2) is 4.88 Å². The number of hydrogen-bond acceptors (Lipinski definition) is 5. The fourth-order valence-electron chi connectivity index (χ4n) is 1.20. The fraction of sp³-hybridized carbons (Fsp3) is 0.100. The first-order valence-corrected chi connectivity index (χ1v) is 5.30. The third-order valence-electron chi connectivity index (χ3n) is 1.90. The molecule has 1 amide bonds. The number of aromatic nitrogens is 2. The van der Waals surface area contributed by atoms with E-state index in [1.54, 1.807) is 6.20 Å². The van der Waals surface area contributed by atoms with E-state index >= 15 is 0 Å². The summed E-state index contributed by atoms with van der Waals surface area (Å²) in [5.74, 6) is -0.297. The molecule has 2 aromatic heterocycles. The van der Waals surface area contributed by atoms with Gasteiger partial charge in [-0.05, 0) is 12.1 Å². The number of pyridine rings is 1. The third kappa shape index (κ3) is 1.87. The smallest absolute Gasteiger partial charge is 0.264 e. The molecule has 6 heteroatoms. The summed E-state index contributed by atoms with van der Waals surface area (Å²) in [6.45, 7) is 0. The van der Waals surface area contributed by atoms with Crippen LogP contribution in [0.1, 0.15) is 9.67 Å². The molecule has 0 unspecified atom stereocenters. The van der Waals surface area contributed by atoms with E-state index in [-0.39, 0.29) is 5.88 Å². The average molecular weight is 235 g/mol. The lowest BCUT2D eigenvalue weighted by Crippen LogP contribution is -2.10. The number of primary amides is 1. The van der Waals surface area contributed by atoms with Crippen LogP contribution in [0.2, 0.25) is 0 Å². The first kappa shape index (κ1) is 10.6. The Morgan fingerprint density at radius 1 is 1.50 bits per heavy atom. The Morgan fingerprint density at radius 3 is 2.81 bits per heavy atom. The van der Waals surface area contributed by atoms with E-state index in [4.69, 9.17) is 10.5 Å². The lowest BCUT2D eigenvalue weighted by Gasteiger charge is -1.93. The highest BCUT2D eigenvalue weighted by atomic mass is 32.1. The van der Waals surface area contributed by atoms with Crippen LogP contribution in [0.25, 0.3) is 10.7 Å². The molecule has 0 atom stereocenters. The van der Waals surface area contributed by atoms with Crippen molar-refractivity contribution in [2.75, 3.05) is 7.11 Å². The Kier molecular flexibility index (Phi) is 2.82.